The standard InChI is InChI=1S/C12H17F3N2O/c1-16(2)6-4-5-9-8-17(3)11(18)7-10(9)12(13,14)15/h7-8H,4-6H2,1-3H3. The molecule has 1 rings (SSSR count). The van der Waals surface area contributed by atoms with Crippen LogP contribution in [0.2, 0.25) is 0 Å². The molecule has 0 saturated heterocycles. The van der Waals surface area contributed by atoms with Gasteiger partial charge in [0, 0.05) is 19.3 Å². The van der Waals surface area contributed by atoms with E-state index in [2.05, 4.69) is 0 Å². The van der Waals surface area contributed by atoms with E-state index in [1.165, 1.54) is 17.8 Å². The second kappa shape index (κ2) is 5.56. The van der Waals surface area contributed by atoms with Crippen molar-refractivity contribution >= 4 is 0 Å². The Labute approximate surface area is 104 Å². The second-order valence-corrected chi connectivity index (χ2v) is 4.57. The number of aromatic nitrogens is 1. The van der Waals surface area contributed by atoms with Crippen molar-refractivity contribution in [3.8, 4) is 0 Å². The van der Waals surface area contributed by atoms with Crippen LogP contribution in [0.15, 0.2) is 17.1 Å². The van der Waals surface area contributed by atoms with Gasteiger partial charge in [0.2, 0.25) is 0 Å². The molecule has 0 spiro atoms. The van der Waals surface area contributed by atoms with Crippen molar-refractivity contribution in [2.24, 2.45) is 7.05 Å². The first-order chi connectivity index (χ1) is 8.21. The molecule has 0 N–H and O–H groups in total. The minimum absolute atomic E-state index is 0.173. The molecule has 0 bridgehead atoms. The lowest BCUT2D eigenvalue weighted by Crippen LogP contribution is -2.22. The van der Waals surface area contributed by atoms with E-state index in [1.54, 1.807) is 0 Å². The molecule has 102 valence electrons. The van der Waals surface area contributed by atoms with E-state index in [4.69, 9.17) is 0 Å². The Morgan fingerprint density at radius 3 is 2.44 bits per heavy atom. The fraction of sp³-hybridized carbons (Fsp3) is 0.583. The first-order valence-electron chi connectivity index (χ1n) is 5.63. The van der Waals surface area contributed by atoms with Gasteiger partial charge in [0.05, 0.1) is 5.56 Å². The molecule has 0 aliphatic heterocycles. The van der Waals surface area contributed by atoms with Gasteiger partial charge < -0.3 is 9.47 Å². The van der Waals surface area contributed by atoms with Gasteiger partial charge >= 0.3 is 6.18 Å². The van der Waals surface area contributed by atoms with Crippen molar-refractivity contribution < 1.29 is 13.2 Å². The minimum atomic E-state index is -4.47. The smallest absolute Gasteiger partial charge is 0.318 e. The number of aryl methyl sites for hydroxylation is 2. The summed E-state index contributed by atoms with van der Waals surface area (Å²) in [6, 6.07) is 0.672. The molecule has 6 heteroatoms. The van der Waals surface area contributed by atoms with Crippen LogP contribution in [0.5, 0.6) is 0 Å². The Balaban J connectivity index is 3.01. The van der Waals surface area contributed by atoms with Crippen LogP contribution in [-0.2, 0) is 19.6 Å². The lowest BCUT2D eigenvalue weighted by atomic mass is 10.0. The number of hydrogen-bond donors (Lipinski definition) is 0. The Bertz CT molecular complexity index is 463. The zero-order valence-electron chi connectivity index (χ0n) is 10.7. The average Bonchev–Trinajstić information content (AvgIpc) is 2.20. The monoisotopic (exact) mass is 262 g/mol. The summed E-state index contributed by atoms with van der Waals surface area (Å²) in [5, 5.41) is 0. The zero-order chi connectivity index (χ0) is 13.9. The molecule has 0 unspecified atom stereocenters. The molecule has 0 aliphatic carbocycles. The molecule has 0 amide bonds. The summed E-state index contributed by atoms with van der Waals surface area (Å²) in [5.74, 6) is 0. The van der Waals surface area contributed by atoms with Crippen molar-refractivity contribution in [2.75, 3.05) is 20.6 Å². The highest BCUT2D eigenvalue weighted by atomic mass is 19.4. The molecule has 0 saturated carbocycles. The van der Waals surface area contributed by atoms with E-state index in [-0.39, 0.29) is 5.56 Å². The topological polar surface area (TPSA) is 25.2 Å². The summed E-state index contributed by atoms with van der Waals surface area (Å²) in [6.45, 7) is 0.708. The summed E-state index contributed by atoms with van der Waals surface area (Å²) in [7, 11) is 5.19. The van der Waals surface area contributed by atoms with Crippen molar-refractivity contribution in [3.63, 3.8) is 0 Å². The maximum absolute atomic E-state index is 12.8. The molecule has 1 aromatic rings. The minimum Gasteiger partial charge on any atom is -0.318 e. The van der Waals surface area contributed by atoms with Crippen LogP contribution in [0.3, 0.4) is 0 Å². The summed E-state index contributed by atoms with van der Waals surface area (Å²) >= 11 is 0. The van der Waals surface area contributed by atoms with E-state index < -0.39 is 17.3 Å². The summed E-state index contributed by atoms with van der Waals surface area (Å²) in [5.41, 5.74) is -1.28. The Morgan fingerprint density at radius 1 is 1.33 bits per heavy atom. The maximum Gasteiger partial charge on any atom is 0.416 e. The van der Waals surface area contributed by atoms with Crippen LogP contribution in [0.4, 0.5) is 13.2 Å². The normalized spacial score (nSPS) is 12.2. The van der Waals surface area contributed by atoms with Gasteiger partial charge in [-0.05, 0) is 39.0 Å². The first kappa shape index (κ1) is 14.8. The molecular weight excluding hydrogens is 245 g/mol. The van der Waals surface area contributed by atoms with Crippen LogP contribution in [0, 0.1) is 0 Å². The van der Waals surface area contributed by atoms with Crippen molar-refractivity contribution in [3.05, 3.63) is 33.7 Å². The fourth-order valence-electron chi connectivity index (χ4n) is 1.73. The molecule has 0 aromatic carbocycles. The lowest BCUT2D eigenvalue weighted by Gasteiger charge is -2.15. The molecule has 3 nitrogen and oxygen atoms in total. The number of hydrogen-bond acceptors (Lipinski definition) is 2. The summed E-state index contributed by atoms with van der Waals surface area (Å²) in [6.07, 6.45) is -2.27. The van der Waals surface area contributed by atoms with E-state index >= 15 is 0 Å². The SMILES string of the molecule is CN(C)CCCc1cn(C)c(=O)cc1C(F)(F)F. The molecule has 18 heavy (non-hydrogen) atoms. The van der Waals surface area contributed by atoms with Crippen LogP contribution < -0.4 is 5.56 Å². The first-order valence-corrected chi connectivity index (χ1v) is 5.63. The molecule has 1 aromatic heterocycles. The third-order valence-electron chi connectivity index (χ3n) is 2.67. The van der Waals surface area contributed by atoms with E-state index in [0.717, 1.165) is 0 Å². The second-order valence-electron chi connectivity index (χ2n) is 4.57. The van der Waals surface area contributed by atoms with Gasteiger partial charge in [-0.3, -0.25) is 4.79 Å². The molecule has 0 atom stereocenters. The molecule has 0 aliphatic rings. The van der Waals surface area contributed by atoms with Gasteiger partial charge in [-0.1, -0.05) is 0 Å². The predicted molar refractivity (Wildman–Crippen MR) is 63.6 cm³/mol. The zero-order valence-corrected chi connectivity index (χ0v) is 10.7. The largest absolute Gasteiger partial charge is 0.416 e. The third-order valence-corrected chi connectivity index (χ3v) is 2.67. The van der Waals surface area contributed by atoms with Crippen LogP contribution in [0.1, 0.15) is 17.5 Å². The maximum atomic E-state index is 12.8. The highest BCUT2D eigenvalue weighted by Gasteiger charge is 2.33. The molecule has 0 fully saturated rings. The van der Waals surface area contributed by atoms with Gasteiger partial charge in [0.25, 0.3) is 5.56 Å². The van der Waals surface area contributed by atoms with Gasteiger partial charge in [-0.25, -0.2) is 0 Å². The quantitative estimate of drug-likeness (QED) is 0.828. The van der Waals surface area contributed by atoms with Gasteiger partial charge in [0.15, 0.2) is 0 Å². The molecule has 0 radical (unpaired) electrons. The number of alkyl halides is 3. The third kappa shape index (κ3) is 3.87. The van der Waals surface area contributed by atoms with E-state index in [0.29, 0.717) is 25.5 Å². The number of pyridine rings is 1. The number of halogens is 3. The van der Waals surface area contributed by atoms with E-state index in [9.17, 15) is 18.0 Å². The van der Waals surface area contributed by atoms with Crippen LogP contribution in [-0.4, -0.2) is 30.1 Å². The summed E-state index contributed by atoms with van der Waals surface area (Å²) in [4.78, 5) is 13.2. The Hall–Kier alpha value is -1.30. The highest BCUT2D eigenvalue weighted by Crippen LogP contribution is 2.31. The van der Waals surface area contributed by atoms with Gasteiger partial charge in [-0.2, -0.15) is 13.2 Å². The van der Waals surface area contributed by atoms with Crippen LogP contribution in [0.25, 0.3) is 0 Å². The van der Waals surface area contributed by atoms with E-state index in [1.807, 2.05) is 19.0 Å². The van der Waals surface area contributed by atoms with Crippen molar-refractivity contribution in [2.45, 2.75) is 19.0 Å². The number of rotatable bonds is 4. The predicted octanol–water partition coefficient (Wildman–Crippen LogP) is 1.90. The average molecular weight is 262 g/mol. The van der Waals surface area contributed by atoms with Crippen LogP contribution >= 0.6 is 0 Å². The lowest BCUT2D eigenvalue weighted by molar-refractivity contribution is -0.138. The van der Waals surface area contributed by atoms with Crippen molar-refractivity contribution in [1.82, 2.24) is 9.47 Å². The Kier molecular flexibility index (Phi) is 4.56. The highest BCUT2D eigenvalue weighted by molar-refractivity contribution is 5.27. The summed E-state index contributed by atoms with van der Waals surface area (Å²) < 4.78 is 39.5. The number of nitrogens with zero attached hydrogens (tertiary/aromatic N) is 2. The van der Waals surface area contributed by atoms with Gasteiger partial charge in [-0.15, -0.1) is 0 Å². The molecule has 1 heterocycles. The Morgan fingerprint density at radius 2 is 1.94 bits per heavy atom. The fourth-order valence-corrected chi connectivity index (χ4v) is 1.73. The van der Waals surface area contributed by atoms with Crippen molar-refractivity contribution in [1.29, 1.82) is 0 Å². The van der Waals surface area contributed by atoms with Gasteiger partial charge in [0.1, 0.15) is 0 Å². The molecular formula is C12H17F3N2O.